The first kappa shape index (κ1) is 17.7. The lowest BCUT2D eigenvalue weighted by Crippen LogP contribution is -2.38. The number of ether oxygens (including phenoxy) is 1. The zero-order chi connectivity index (χ0) is 17.9. The van der Waals surface area contributed by atoms with E-state index in [1.807, 2.05) is 6.92 Å². The van der Waals surface area contributed by atoms with Crippen molar-refractivity contribution in [3.8, 4) is 0 Å². The van der Waals surface area contributed by atoms with E-state index in [4.69, 9.17) is 9.57 Å². The zero-order valence-corrected chi connectivity index (χ0v) is 14.1. The van der Waals surface area contributed by atoms with Crippen LogP contribution in [0.5, 0.6) is 0 Å². The molecular weight excluding hydrogens is 318 g/mol. The topological polar surface area (TPSA) is 113 Å². The second kappa shape index (κ2) is 7.30. The van der Waals surface area contributed by atoms with Gasteiger partial charge in [-0.2, -0.15) is 0 Å². The van der Waals surface area contributed by atoms with Crippen LogP contribution in [0.4, 0.5) is 0 Å². The highest BCUT2D eigenvalue weighted by molar-refractivity contribution is 5.72. The highest BCUT2D eigenvalue weighted by atomic mass is 16.7. The number of hydrogen-bond donors (Lipinski definition) is 1. The van der Waals surface area contributed by atoms with Crippen LogP contribution < -0.4 is 11.2 Å². The molecule has 0 spiro atoms. The molecular formula is C14H21N5O5. The van der Waals surface area contributed by atoms with E-state index >= 15 is 0 Å². The molecule has 0 aliphatic heterocycles. The molecule has 1 atom stereocenters. The third kappa shape index (κ3) is 3.48. The maximum absolute atomic E-state index is 12.3. The molecule has 10 heteroatoms. The van der Waals surface area contributed by atoms with Gasteiger partial charge in [-0.1, -0.05) is 5.16 Å². The van der Waals surface area contributed by atoms with E-state index in [1.54, 1.807) is 6.92 Å². The molecule has 0 aliphatic carbocycles. The Labute approximate surface area is 137 Å². The standard InChI is InChI=1S/C14H21N5O5/c1-5-23-9(2)16-24-7-10(20)6-19-8-15-12-11(19)13(21)18(4)14(22)17(12)3/h8,10,20H,5-7H2,1-4H3. The normalized spacial score (nSPS) is 13.3. The van der Waals surface area contributed by atoms with Crippen LogP contribution in [0.1, 0.15) is 13.8 Å². The summed E-state index contributed by atoms with van der Waals surface area (Å²) in [5.74, 6) is 0.363. The Hall–Kier alpha value is -2.62. The summed E-state index contributed by atoms with van der Waals surface area (Å²) in [5, 5.41) is 13.7. The molecule has 0 amide bonds. The molecule has 0 aliphatic rings. The predicted octanol–water partition coefficient (Wildman–Crippen LogP) is -0.819. The Morgan fingerprint density at radius 3 is 2.75 bits per heavy atom. The lowest BCUT2D eigenvalue weighted by molar-refractivity contribution is 0.0283. The van der Waals surface area contributed by atoms with Crippen LogP contribution in [-0.4, -0.2) is 49.0 Å². The first-order valence-electron chi connectivity index (χ1n) is 7.45. The molecule has 0 bridgehead atoms. The predicted molar refractivity (Wildman–Crippen MR) is 86.9 cm³/mol. The van der Waals surface area contributed by atoms with Gasteiger partial charge in [0.05, 0.1) is 19.5 Å². The Balaban J connectivity index is 2.18. The second-order valence-corrected chi connectivity index (χ2v) is 5.27. The first-order valence-corrected chi connectivity index (χ1v) is 7.45. The van der Waals surface area contributed by atoms with Crippen LogP contribution in [0.2, 0.25) is 0 Å². The van der Waals surface area contributed by atoms with E-state index in [1.165, 1.54) is 29.6 Å². The lowest BCUT2D eigenvalue weighted by atomic mass is 10.3. The summed E-state index contributed by atoms with van der Waals surface area (Å²) in [6, 6.07) is 0. The lowest BCUT2D eigenvalue weighted by Gasteiger charge is -2.11. The van der Waals surface area contributed by atoms with E-state index < -0.39 is 17.4 Å². The fraction of sp³-hybridized carbons (Fsp3) is 0.571. The largest absolute Gasteiger partial charge is 0.479 e. The molecule has 0 radical (unpaired) electrons. The van der Waals surface area contributed by atoms with Crippen LogP contribution in [-0.2, 0) is 30.2 Å². The van der Waals surface area contributed by atoms with Gasteiger partial charge in [-0.3, -0.25) is 13.9 Å². The molecule has 0 saturated heterocycles. The van der Waals surface area contributed by atoms with Gasteiger partial charge in [0.1, 0.15) is 12.7 Å². The van der Waals surface area contributed by atoms with Crippen molar-refractivity contribution < 1.29 is 14.7 Å². The van der Waals surface area contributed by atoms with Crippen LogP contribution >= 0.6 is 0 Å². The summed E-state index contributed by atoms with van der Waals surface area (Å²) in [6.45, 7) is 3.95. The fourth-order valence-corrected chi connectivity index (χ4v) is 2.26. The molecule has 2 aromatic rings. The summed E-state index contributed by atoms with van der Waals surface area (Å²) in [5.41, 5.74) is -0.416. The molecule has 2 aromatic heterocycles. The molecule has 2 rings (SSSR count). The van der Waals surface area contributed by atoms with Gasteiger partial charge in [-0.05, 0) is 6.92 Å². The minimum absolute atomic E-state index is 0.0732. The van der Waals surface area contributed by atoms with Gasteiger partial charge in [0, 0.05) is 21.0 Å². The molecule has 1 N–H and O–H groups in total. The van der Waals surface area contributed by atoms with Crippen molar-refractivity contribution in [3.05, 3.63) is 27.2 Å². The highest BCUT2D eigenvalue weighted by Gasteiger charge is 2.16. The smallest absolute Gasteiger partial charge is 0.332 e. The number of oxime groups is 1. The molecule has 10 nitrogen and oxygen atoms in total. The van der Waals surface area contributed by atoms with Gasteiger partial charge in [-0.15, -0.1) is 0 Å². The van der Waals surface area contributed by atoms with Crippen molar-refractivity contribution in [1.29, 1.82) is 0 Å². The Bertz CT molecular complexity index is 863. The van der Waals surface area contributed by atoms with Crippen molar-refractivity contribution in [2.75, 3.05) is 13.2 Å². The van der Waals surface area contributed by atoms with E-state index in [-0.39, 0.29) is 24.3 Å². The number of aromatic nitrogens is 4. The van der Waals surface area contributed by atoms with Crippen molar-refractivity contribution in [1.82, 2.24) is 18.7 Å². The number of nitrogens with zero attached hydrogens (tertiary/aromatic N) is 5. The third-order valence-corrected chi connectivity index (χ3v) is 3.44. The Kier molecular flexibility index (Phi) is 5.39. The average molecular weight is 339 g/mol. The molecule has 2 heterocycles. The quantitative estimate of drug-likeness (QED) is 0.418. The highest BCUT2D eigenvalue weighted by Crippen LogP contribution is 2.06. The van der Waals surface area contributed by atoms with Gasteiger partial charge in [0.25, 0.3) is 5.56 Å². The maximum Gasteiger partial charge on any atom is 0.332 e. The van der Waals surface area contributed by atoms with Crippen molar-refractivity contribution in [2.45, 2.75) is 26.5 Å². The summed E-state index contributed by atoms with van der Waals surface area (Å²) in [6.07, 6.45) is 0.492. The molecule has 0 saturated carbocycles. The van der Waals surface area contributed by atoms with E-state index in [0.717, 1.165) is 4.57 Å². The van der Waals surface area contributed by atoms with Crippen LogP contribution in [0.3, 0.4) is 0 Å². The number of imidazole rings is 1. The zero-order valence-electron chi connectivity index (χ0n) is 14.1. The number of aryl methyl sites for hydroxylation is 1. The molecule has 132 valence electrons. The molecule has 1 unspecified atom stereocenters. The van der Waals surface area contributed by atoms with E-state index in [9.17, 15) is 14.7 Å². The van der Waals surface area contributed by atoms with E-state index in [2.05, 4.69) is 10.1 Å². The van der Waals surface area contributed by atoms with Crippen LogP contribution in [0, 0.1) is 0 Å². The number of rotatable bonds is 6. The number of aliphatic hydroxyl groups is 1. The second-order valence-electron chi connectivity index (χ2n) is 5.27. The van der Waals surface area contributed by atoms with Crippen LogP contribution in [0.15, 0.2) is 21.1 Å². The Morgan fingerprint density at radius 2 is 2.08 bits per heavy atom. The number of fused-ring (bicyclic) bond motifs is 1. The Morgan fingerprint density at radius 1 is 1.38 bits per heavy atom. The van der Waals surface area contributed by atoms with Gasteiger partial charge in [0.15, 0.2) is 11.2 Å². The number of aliphatic hydroxyl groups excluding tert-OH is 1. The van der Waals surface area contributed by atoms with Gasteiger partial charge in [0.2, 0.25) is 5.90 Å². The maximum atomic E-state index is 12.3. The summed E-state index contributed by atoms with van der Waals surface area (Å²) >= 11 is 0. The molecule has 0 fully saturated rings. The van der Waals surface area contributed by atoms with Gasteiger partial charge >= 0.3 is 5.69 Å². The van der Waals surface area contributed by atoms with Crippen molar-refractivity contribution in [3.63, 3.8) is 0 Å². The monoisotopic (exact) mass is 339 g/mol. The fourth-order valence-electron chi connectivity index (χ4n) is 2.26. The molecule has 24 heavy (non-hydrogen) atoms. The summed E-state index contributed by atoms with van der Waals surface area (Å²) in [4.78, 5) is 33.2. The minimum Gasteiger partial charge on any atom is -0.479 e. The molecule has 0 aromatic carbocycles. The SMILES string of the molecule is CCOC(C)=NOCC(O)Cn1cnc2c1c(=O)n(C)c(=O)n2C. The average Bonchev–Trinajstić information content (AvgIpc) is 2.94. The van der Waals surface area contributed by atoms with Gasteiger partial charge in [-0.25, -0.2) is 9.78 Å². The summed E-state index contributed by atoms with van der Waals surface area (Å²) < 4.78 is 8.87. The summed E-state index contributed by atoms with van der Waals surface area (Å²) in [7, 11) is 2.93. The third-order valence-electron chi connectivity index (χ3n) is 3.44. The first-order chi connectivity index (χ1) is 11.4. The number of hydrogen-bond acceptors (Lipinski definition) is 7. The van der Waals surface area contributed by atoms with Crippen molar-refractivity contribution >= 4 is 17.1 Å². The van der Waals surface area contributed by atoms with Crippen LogP contribution in [0.25, 0.3) is 11.2 Å². The minimum atomic E-state index is -0.914. The van der Waals surface area contributed by atoms with Gasteiger partial charge < -0.3 is 19.2 Å². The van der Waals surface area contributed by atoms with E-state index in [0.29, 0.717) is 12.5 Å². The van der Waals surface area contributed by atoms with Crippen molar-refractivity contribution in [2.24, 2.45) is 19.3 Å².